The van der Waals surface area contributed by atoms with Gasteiger partial charge < -0.3 is 15.4 Å². The Morgan fingerprint density at radius 1 is 1.62 bits per heavy atom. The minimum absolute atomic E-state index is 0.285. The van der Waals surface area contributed by atoms with Gasteiger partial charge >= 0.3 is 0 Å². The van der Waals surface area contributed by atoms with Crippen LogP contribution in [0.2, 0.25) is 0 Å². The third-order valence-corrected chi connectivity index (χ3v) is 2.90. The van der Waals surface area contributed by atoms with Crippen molar-refractivity contribution in [3.05, 3.63) is 23.5 Å². The summed E-state index contributed by atoms with van der Waals surface area (Å²) in [5.41, 5.74) is 9.10. The fourth-order valence-electron chi connectivity index (χ4n) is 2.06. The molecule has 4 heteroatoms. The number of rotatable bonds is 2. The van der Waals surface area contributed by atoms with E-state index < -0.39 is 0 Å². The van der Waals surface area contributed by atoms with Gasteiger partial charge in [0, 0.05) is 42.8 Å². The summed E-state index contributed by atoms with van der Waals surface area (Å²) in [6.45, 7) is 7.29. The van der Waals surface area contributed by atoms with Crippen molar-refractivity contribution < 1.29 is 4.74 Å². The lowest BCUT2D eigenvalue weighted by Crippen LogP contribution is -2.41. The third kappa shape index (κ3) is 2.33. The van der Waals surface area contributed by atoms with Gasteiger partial charge in [-0.05, 0) is 19.9 Å². The van der Waals surface area contributed by atoms with E-state index in [9.17, 15) is 0 Å². The molecule has 1 aromatic heterocycles. The van der Waals surface area contributed by atoms with Gasteiger partial charge in [-0.25, -0.2) is 0 Å². The van der Waals surface area contributed by atoms with Crippen molar-refractivity contribution >= 4 is 5.69 Å². The molecule has 2 heterocycles. The zero-order valence-electron chi connectivity index (χ0n) is 9.94. The van der Waals surface area contributed by atoms with Gasteiger partial charge in [-0.15, -0.1) is 0 Å². The Kier molecular flexibility index (Phi) is 3.41. The highest BCUT2D eigenvalue weighted by molar-refractivity contribution is 5.54. The molecular weight excluding hydrogens is 202 g/mol. The first-order valence-electron chi connectivity index (χ1n) is 5.73. The van der Waals surface area contributed by atoms with E-state index in [2.05, 4.69) is 22.9 Å². The van der Waals surface area contributed by atoms with Gasteiger partial charge in [0.1, 0.15) is 0 Å². The molecule has 1 aromatic rings. The SMILES string of the molecule is Cc1cc(N2CCOC(C)C2)c(CN)cn1. The van der Waals surface area contributed by atoms with E-state index in [-0.39, 0.29) is 6.10 Å². The van der Waals surface area contributed by atoms with E-state index in [0.717, 1.165) is 31.0 Å². The van der Waals surface area contributed by atoms with Crippen molar-refractivity contribution in [1.82, 2.24) is 4.98 Å². The van der Waals surface area contributed by atoms with Crippen LogP contribution < -0.4 is 10.6 Å². The second-order valence-electron chi connectivity index (χ2n) is 4.29. The number of anilines is 1. The molecule has 1 fully saturated rings. The van der Waals surface area contributed by atoms with Gasteiger partial charge in [0.15, 0.2) is 0 Å². The van der Waals surface area contributed by atoms with Crippen molar-refractivity contribution in [2.24, 2.45) is 5.73 Å². The first kappa shape index (κ1) is 11.4. The molecule has 0 saturated carbocycles. The average molecular weight is 221 g/mol. The van der Waals surface area contributed by atoms with Crippen LogP contribution in [0.5, 0.6) is 0 Å². The van der Waals surface area contributed by atoms with Crippen LogP contribution in [-0.4, -0.2) is 30.8 Å². The molecule has 1 aliphatic heterocycles. The number of nitrogens with two attached hydrogens (primary N) is 1. The number of ether oxygens (including phenoxy) is 1. The Morgan fingerprint density at radius 2 is 2.44 bits per heavy atom. The molecule has 0 bridgehead atoms. The predicted molar refractivity (Wildman–Crippen MR) is 64.5 cm³/mol. The maximum atomic E-state index is 5.74. The van der Waals surface area contributed by atoms with E-state index >= 15 is 0 Å². The Hall–Kier alpha value is -1.13. The molecule has 0 aliphatic carbocycles. The number of aryl methyl sites for hydroxylation is 1. The average Bonchev–Trinajstić information content (AvgIpc) is 2.29. The molecule has 2 N–H and O–H groups in total. The van der Waals surface area contributed by atoms with Crippen LogP contribution in [0.1, 0.15) is 18.2 Å². The number of pyridine rings is 1. The Morgan fingerprint density at radius 3 is 3.12 bits per heavy atom. The monoisotopic (exact) mass is 221 g/mol. The molecule has 0 amide bonds. The maximum absolute atomic E-state index is 5.74. The summed E-state index contributed by atoms with van der Waals surface area (Å²) in [6, 6.07) is 2.11. The summed E-state index contributed by atoms with van der Waals surface area (Å²) in [7, 11) is 0. The first-order valence-corrected chi connectivity index (χ1v) is 5.73. The molecule has 0 radical (unpaired) electrons. The van der Waals surface area contributed by atoms with E-state index in [0.29, 0.717) is 6.54 Å². The fourth-order valence-corrected chi connectivity index (χ4v) is 2.06. The molecule has 4 nitrogen and oxygen atoms in total. The lowest BCUT2D eigenvalue weighted by atomic mass is 10.1. The molecule has 0 spiro atoms. The zero-order chi connectivity index (χ0) is 11.5. The Labute approximate surface area is 96.4 Å². The summed E-state index contributed by atoms with van der Waals surface area (Å²) in [6.07, 6.45) is 2.16. The molecule has 0 aromatic carbocycles. The number of hydrogen-bond donors (Lipinski definition) is 1. The number of morpholine rings is 1. The van der Waals surface area contributed by atoms with E-state index in [1.165, 1.54) is 5.69 Å². The highest BCUT2D eigenvalue weighted by Crippen LogP contribution is 2.22. The standard InChI is InChI=1S/C12H19N3O/c1-9-5-12(11(6-13)7-14-9)15-3-4-16-10(2)8-15/h5,7,10H,3-4,6,8,13H2,1-2H3. The molecule has 1 saturated heterocycles. The van der Waals surface area contributed by atoms with Gasteiger partial charge in [0.2, 0.25) is 0 Å². The minimum atomic E-state index is 0.285. The number of aromatic nitrogens is 1. The lowest BCUT2D eigenvalue weighted by Gasteiger charge is -2.34. The topological polar surface area (TPSA) is 51.4 Å². The normalized spacial score (nSPS) is 21.2. The lowest BCUT2D eigenvalue weighted by molar-refractivity contribution is 0.0531. The van der Waals surface area contributed by atoms with Crippen molar-refractivity contribution in [3.8, 4) is 0 Å². The van der Waals surface area contributed by atoms with E-state index in [1.807, 2.05) is 13.1 Å². The summed E-state index contributed by atoms with van der Waals surface area (Å²) in [4.78, 5) is 6.62. The van der Waals surface area contributed by atoms with Crippen LogP contribution in [0, 0.1) is 6.92 Å². The van der Waals surface area contributed by atoms with Gasteiger partial charge in [0.05, 0.1) is 12.7 Å². The maximum Gasteiger partial charge on any atom is 0.0722 e. The number of nitrogens with zero attached hydrogens (tertiary/aromatic N) is 2. The van der Waals surface area contributed by atoms with Crippen LogP contribution >= 0.6 is 0 Å². The number of hydrogen-bond acceptors (Lipinski definition) is 4. The fraction of sp³-hybridized carbons (Fsp3) is 0.583. The van der Waals surface area contributed by atoms with Crippen LogP contribution in [-0.2, 0) is 11.3 Å². The predicted octanol–water partition coefficient (Wildman–Crippen LogP) is 1.07. The largest absolute Gasteiger partial charge is 0.375 e. The van der Waals surface area contributed by atoms with E-state index in [4.69, 9.17) is 10.5 Å². The molecule has 2 rings (SSSR count). The van der Waals surface area contributed by atoms with E-state index in [1.54, 1.807) is 0 Å². The smallest absolute Gasteiger partial charge is 0.0722 e. The van der Waals surface area contributed by atoms with Crippen LogP contribution in [0.4, 0.5) is 5.69 Å². The second-order valence-corrected chi connectivity index (χ2v) is 4.29. The summed E-state index contributed by atoms with van der Waals surface area (Å²) < 4.78 is 5.54. The molecule has 1 aliphatic rings. The minimum Gasteiger partial charge on any atom is -0.375 e. The van der Waals surface area contributed by atoms with Crippen LogP contribution in [0.15, 0.2) is 12.3 Å². The molecule has 88 valence electrons. The van der Waals surface area contributed by atoms with Crippen molar-refractivity contribution in [3.63, 3.8) is 0 Å². The quantitative estimate of drug-likeness (QED) is 0.811. The molecular formula is C12H19N3O. The zero-order valence-corrected chi connectivity index (χ0v) is 9.94. The second kappa shape index (κ2) is 4.80. The van der Waals surface area contributed by atoms with Gasteiger partial charge in [-0.1, -0.05) is 0 Å². The van der Waals surface area contributed by atoms with Crippen molar-refractivity contribution in [2.75, 3.05) is 24.6 Å². The van der Waals surface area contributed by atoms with Gasteiger partial charge in [-0.3, -0.25) is 4.98 Å². The third-order valence-electron chi connectivity index (χ3n) is 2.90. The highest BCUT2D eigenvalue weighted by atomic mass is 16.5. The summed E-state index contributed by atoms with van der Waals surface area (Å²) in [5, 5.41) is 0. The Balaban J connectivity index is 2.26. The van der Waals surface area contributed by atoms with Crippen molar-refractivity contribution in [1.29, 1.82) is 0 Å². The van der Waals surface area contributed by atoms with Crippen LogP contribution in [0.3, 0.4) is 0 Å². The summed E-state index contributed by atoms with van der Waals surface area (Å²) in [5.74, 6) is 0. The molecule has 1 unspecified atom stereocenters. The highest BCUT2D eigenvalue weighted by Gasteiger charge is 2.19. The van der Waals surface area contributed by atoms with Crippen LogP contribution in [0.25, 0.3) is 0 Å². The first-order chi connectivity index (χ1) is 7.70. The Bertz CT molecular complexity index is 367. The summed E-state index contributed by atoms with van der Waals surface area (Å²) >= 11 is 0. The van der Waals surface area contributed by atoms with Gasteiger partial charge in [0.25, 0.3) is 0 Å². The van der Waals surface area contributed by atoms with Crippen molar-refractivity contribution in [2.45, 2.75) is 26.5 Å². The molecule has 1 atom stereocenters. The van der Waals surface area contributed by atoms with Gasteiger partial charge in [-0.2, -0.15) is 0 Å². The molecule has 16 heavy (non-hydrogen) atoms.